The Morgan fingerprint density at radius 2 is 2.15 bits per heavy atom. The monoisotopic (exact) mass is 392 g/mol. The highest BCUT2D eigenvalue weighted by molar-refractivity contribution is 7.99. The molecule has 0 saturated heterocycles. The Balaban J connectivity index is 1.56. The molecular weight excluding hydrogens is 375 g/mol. The second-order valence-corrected chi connectivity index (χ2v) is 8.29. The van der Waals surface area contributed by atoms with E-state index in [-0.39, 0.29) is 34.0 Å². The van der Waals surface area contributed by atoms with Crippen molar-refractivity contribution in [1.82, 2.24) is 15.2 Å². The summed E-state index contributed by atoms with van der Waals surface area (Å²) in [4.78, 5) is 16.5. The summed E-state index contributed by atoms with van der Waals surface area (Å²) in [6, 6.07) is 5.88. The third-order valence-corrected chi connectivity index (χ3v) is 4.90. The van der Waals surface area contributed by atoms with Crippen LogP contribution >= 0.6 is 23.1 Å². The largest absolute Gasteiger partial charge is 0.411 e. The molecule has 0 spiro atoms. The summed E-state index contributed by atoms with van der Waals surface area (Å²) >= 11 is 2.50. The maximum Gasteiger partial charge on any atom is 0.277 e. The highest BCUT2D eigenvalue weighted by Crippen LogP contribution is 2.27. The van der Waals surface area contributed by atoms with Gasteiger partial charge in [0.25, 0.3) is 5.22 Å². The number of hydrogen-bond acceptors (Lipinski definition) is 7. The van der Waals surface area contributed by atoms with E-state index < -0.39 is 0 Å². The summed E-state index contributed by atoms with van der Waals surface area (Å²) in [5, 5.41) is 13.2. The van der Waals surface area contributed by atoms with Crippen molar-refractivity contribution in [3.63, 3.8) is 0 Å². The smallest absolute Gasteiger partial charge is 0.277 e. The van der Waals surface area contributed by atoms with Gasteiger partial charge in [0, 0.05) is 16.4 Å². The first-order valence-corrected chi connectivity index (χ1v) is 9.66. The second kappa shape index (κ2) is 7.55. The van der Waals surface area contributed by atoms with Gasteiger partial charge in [-0.2, -0.15) is 0 Å². The van der Waals surface area contributed by atoms with Gasteiger partial charge < -0.3 is 9.73 Å². The summed E-state index contributed by atoms with van der Waals surface area (Å²) in [6.45, 7) is 6.19. The lowest BCUT2D eigenvalue weighted by atomic mass is 9.93. The summed E-state index contributed by atoms with van der Waals surface area (Å²) in [5.74, 6) is -0.278. The second-order valence-electron chi connectivity index (χ2n) is 6.51. The van der Waals surface area contributed by atoms with Crippen LogP contribution in [0.3, 0.4) is 0 Å². The summed E-state index contributed by atoms with van der Waals surface area (Å²) in [7, 11) is 0. The Morgan fingerprint density at radius 1 is 1.35 bits per heavy atom. The predicted molar refractivity (Wildman–Crippen MR) is 99.9 cm³/mol. The molecule has 0 unspecified atom stereocenters. The number of carbonyl (C=O) groups is 1. The molecule has 6 nitrogen and oxygen atoms in total. The maximum atomic E-state index is 13.2. The summed E-state index contributed by atoms with van der Waals surface area (Å²) in [5.41, 5.74) is 1.36. The van der Waals surface area contributed by atoms with Crippen LogP contribution in [0.15, 0.2) is 39.3 Å². The van der Waals surface area contributed by atoms with Crippen molar-refractivity contribution in [3.8, 4) is 11.5 Å². The SMILES string of the molecule is CC(C)(C)c1csc(NC(=O)CSc2nnc(-c3cccc(F)c3)o2)n1. The quantitative estimate of drug-likeness (QED) is 0.650. The molecule has 0 aliphatic heterocycles. The average Bonchev–Trinajstić information content (AvgIpc) is 3.22. The van der Waals surface area contributed by atoms with Gasteiger partial charge in [0.05, 0.1) is 11.4 Å². The normalized spacial score (nSPS) is 11.5. The van der Waals surface area contributed by atoms with E-state index in [1.165, 1.54) is 23.5 Å². The lowest BCUT2D eigenvalue weighted by molar-refractivity contribution is -0.113. The van der Waals surface area contributed by atoms with Crippen LogP contribution in [-0.4, -0.2) is 26.8 Å². The summed E-state index contributed by atoms with van der Waals surface area (Å²) in [6.07, 6.45) is 0. The standard InChI is InChI=1S/C17H17FN4O2S2/c1-17(2,3)12-8-25-15(19-12)20-13(23)9-26-16-22-21-14(24-16)10-5-4-6-11(18)7-10/h4-8H,9H2,1-3H3,(H,19,20,23). The highest BCUT2D eigenvalue weighted by Gasteiger charge is 2.18. The molecule has 0 bridgehead atoms. The minimum Gasteiger partial charge on any atom is -0.411 e. The maximum absolute atomic E-state index is 13.2. The van der Waals surface area contributed by atoms with Crippen molar-refractivity contribution in [2.75, 3.05) is 11.1 Å². The van der Waals surface area contributed by atoms with Crippen LogP contribution in [0.1, 0.15) is 26.5 Å². The highest BCUT2D eigenvalue weighted by atomic mass is 32.2. The van der Waals surface area contributed by atoms with E-state index in [1.54, 1.807) is 12.1 Å². The topological polar surface area (TPSA) is 80.9 Å². The Hall–Kier alpha value is -2.26. The molecule has 3 aromatic rings. The zero-order chi connectivity index (χ0) is 18.7. The Morgan fingerprint density at radius 3 is 2.85 bits per heavy atom. The third-order valence-electron chi connectivity index (χ3n) is 3.32. The van der Waals surface area contributed by atoms with Gasteiger partial charge in [-0.3, -0.25) is 4.79 Å². The molecule has 0 fully saturated rings. The number of aromatic nitrogens is 3. The molecule has 136 valence electrons. The number of nitrogens with zero attached hydrogens (tertiary/aromatic N) is 3. The van der Waals surface area contributed by atoms with Crippen LogP contribution in [-0.2, 0) is 10.2 Å². The van der Waals surface area contributed by atoms with Crippen LogP contribution in [0.4, 0.5) is 9.52 Å². The molecule has 0 saturated carbocycles. The van der Waals surface area contributed by atoms with Crippen molar-refractivity contribution in [2.24, 2.45) is 0 Å². The Kier molecular flexibility index (Phi) is 5.38. The first-order chi connectivity index (χ1) is 12.3. The molecule has 0 aliphatic rings. The van der Waals surface area contributed by atoms with Gasteiger partial charge in [-0.05, 0) is 18.2 Å². The molecule has 0 aliphatic carbocycles. The van der Waals surface area contributed by atoms with Gasteiger partial charge in [0.15, 0.2) is 5.13 Å². The molecule has 2 heterocycles. The molecule has 26 heavy (non-hydrogen) atoms. The van der Waals surface area contributed by atoms with Crippen LogP contribution in [0.25, 0.3) is 11.5 Å². The lowest BCUT2D eigenvalue weighted by Crippen LogP contribution is -2.15. The minimum atomic E-state index is -0.382. The van der Waals surface area contributed by atoms with Crippen molar-refractivity contribution in [3.05, 3.63) is 41.2 Å². The number of halogens is 1. The zero-order valence-electron chi connectivity index (χ0n) is 14.4. The molecule has 1 aromatic carbocycles. The molecule has 9 heteroatoms. The van der Waals surface area contributed by atoms with Gasteiger partial charge in [-0.1, -0.05) is 38.6 Å². The number of carbonyl (C=O) groups excluding carboxylic acids is 1. The number of hydrogen-bond donors (Lipinski definition) is 1. The van der Waals surface area contributed by atoms with Crippen molar-refractivity contribution in [1.29, 1.82) is 0 Å². The van der Waals surface area contributed by atoms with Crippen LogP contribution in [0.2, 0.25) is 0 Å². The van der Waals surface area contributed by atoms with Gasteiger partial charge in [-0.25, -0.2) is 9.37 Å². The van der Waals surface area contributed by atoms with Gasteiger partial charge >= 0.3 is 0 Å². The minimum absolute atomic E-state index is 0.0642. The van der Waals surface area contributed by atoms with Gasteiger partial charge in [-0.15, -0.1) is 21.5 Å². The number of anilines is 1. The average molecular weight is 392 g/mol. The van der Waals surface area contributed by atoms with E-state index in [9.17, 15) is 9.18 Å². The number of thiazole rings is 1. The molecule has 0 radical (unpaired) electrons. The van der Waals surface area contributed by atoms with E-state index in [2.05, 4.69) is 41.3 Å². The fraction of sp³-hybridized carbons (Fsp3) is 0.294. The number of thioether (sulfide) groups is 1. The molecule has 2 aromatic heterocycles. The molecule has 1 amide bonds. The first kappa shape index (κ1) is 18.5. The molecular formula is C17H17FN4O2S2. The lowest BCUT2D eigenvalue weighted by Gasteiger charge is -2.14. The Bertz CT molecular complexity index is 917. The molecule has 0 atom stereocenters. The van der Waals surface area contributed by atoms with E-state index in [4.69, 9.17) is 4.42 Å². The predicted octanol–water partition coefficient (Wildman–Crippen LogP) is 4.36. The van der Waals surface area contributed by atoms with E-state index in [0.717, 1.165) is 17.5 Å². The van der Waals surface area contributed by atoms with E-state index in [1.807, 2.05) is 5.38 Å². The number of nitrogens with one attached hydrogen (secondary N) is 1. The van der Waals surface area contributed by atoms with Gasteiger partial charge in [0.2, 0.25) is 11.8 Å². The molecule has 3 rings (SSSR count). The first-order valence-electron chi connectivity index (χ1n) is 7.79. The van der Waals surface area contributed by atoms with E-state index in [0.29, 0.717) is 10.7 Å². The Labute approximate surface area is 158 Å². The van der Waals surface area contributed by atoms with Crippen LogP contribution < -0.4 is 5.32 Å². The molecule has 1 N–H and O–H groups in total. The number of amides is 1. The fourth-order valence-corrected chi connectivity index (χ4v) is 3.48. The third kappa shape index (κ3) is 4.67. The van der Waals surface area contributed by atoms with Crippen molar-refractivity contribution in [2.45, 2.75) is 31.4 Å². The van der Waals surface area contributed by atoms with Crippen LogP contribution in [0, 0.1) is 5.82 Å². The van der Waals surface area contributed by atoms with E-state index >= 15 is 0 Å². The zero-order valence-corrected chi connectivity index (χ0v) is 16.1. The van der Waals surface area contributed by atoms with Gasteiger partial charge in [0.1, 0.15) is 5.82 Å². The number of benzene rings is 1. The fourth-order valence-electron chi connectivity index (χ4n) is 1.96. The van der Waals surface area contributed by atoms with Crippen LogP contribution in [0.5, 0.6) is 0 Å². The number of rotatable bonds is 5. The van der Waals surface area contributed by atoms with Crippen molar-refractivity contribution >= 4 is 34.1 Å². The summed E-state index contributed by atoms with van der Waals surface area (Å²) < 4.78 is 18.7. The van der Waals surface area contributed by atoms with Crippen molar-refractivity contribution < 1.29 is 13.6 Å².